The molecule has 0 aromatic heterocycles. The first kappa shape index (κ1) is 15.0. The molecule has 0 N–H and O–H groups in total. The third-order valence-corrected chi connectivity index (χ3v) is 4.92. The molecule has 0 aromatic rings. The van der Waals surface area contributed by atoms with Gasteiger partial charge in [0.2, 0.25) is 11.8 Å². The third-order valence-electron chi connectivity index (χ3n) is 4.57. The van der Waals surface area contributed by atoms with Gasteiger partial charge in [-0.1, -0.05) is 0 Å². The van der Waals surface area contributed by atoms with Crippen LogP contribution in [0.3, 0.4) is 0 Å². The van der Waals surface area contributed by atoms with Crippen LogP contribution in [0, 0.1) is 11.8 Å². The molecule has 2 fully saturated rings. The Bertz CT molecular complexity index is 317. The molecule has 2 nitrogen and oxygen atoms in total. The minimum Gasteiger partial charge on any atom is -0.342 e. The van der Waals surface area contributed by atoms with E-state index in [2.05, 4.69) is 0 Å². The molecule has 1 aliphatic heterocycles. The summed E-state index contributed by atoms with van der Waals surface area (Å²) in [5.74, 6) is -2.19. The van der Waals surface area contributed by atoms with Crippen molar-refractivity contribution in [2.45, 2.75) is 56.7 Å². The number of rotatable bonds is 2. The fraction of sp³-hybridized carbons (Fsp3) is 0.929. The van der Waals surface area contributed by atoms with Gasteiger partial charge >= 0.3 is 0 Å². The molecule has 19 heavy (non-hydrogen) atoms. The second-order valence-electron chi connectivity index (χ2n) is 5.97. The van der Waals surface area contributed by atoms with E-state index in [9.17, 15) is 13.6 Å². The summed E-state index contributed by atoms with van der Waals surface area (Å²) in [6.45, 7) is 3.45. The Morgan fingerprint density at radius 3 is 2.21 bits per heavy atom. The average molecular weight is 294 g/mol. The molecular weight excluding hydrogens is 272 g/mol. The second kappa shape index (κ2) is 5.94. The first-order valence-corrected chi connectivity index (χ1v) is 7.63. The maximum atomic E-state index is 13.1. The summed E-state index contributed by atoms with van der Waals surface area (Å²) in [5.41, 5.74) is 0. The monoisotopic (exact) mass is 293 g/mol. The van der Waals surface area contributed by atoms with E-state index in [1.165, 1.54) is 0 Å². The topological polar surface area (TPSA) is 20.3 Å². The lowest BCUT2D eigenvalue weighted by atomic mass is 9.85. The molecule has 110 valence electrons. The van der Waals surface area contributed by atoms with Crippen LogP contribution in [0.15, 0.2) is 0 Å². The van der Waals surface area contributed by atoms with Crippen molar-refractivity contribution < 1.29 is 13.6 Å². The highest BCUT2D eigenvalue weighted by molar-refractivity contribution is 6.20. The first-order valence-electron chi connectivity index (χ1n) is 7.20. The Morgan fingerprint density at radius 2 is 1.74 bits per heavy atom. The van der Waals surface area contributed by atoms with Crippen LogP contribution in [0.2, 0.25) is 0 Å². The van der Waals surface area contributed by atoms with Gasteiger partial charge in [-0.25, -0.2) is 8.78 Å². The van der Waals surface area contributed by atoms with Crippen LogP contribution in [-0.4, -0.2) is 35.2 Å². The maximum absolute atomic E-state index is 13.1. The average Bonchev–Trinajstić information content (AvgIpc) is 2.38. The number of alkyl halides is 3. The number of carbonyl (C=O) groups is 1. The summed E-state index contributed by atoms with van der Waals surface area (Å²) in [5, 5.41) is 0.144. The number of hydrogen-bond acceptors (Lipinski definition) is 1. The second-order valence-corrected chi connectivity index (χ2v) is 6.66. The molecule has 2 rings (SSSR count). The normalized spacial score (nSPS) is 27.3. The molecule has 0 radical (unpaired) electrons. The minimum atomic E-state index is -2.56. The number of amides is 1. The van der Waals surface area contributed by atoms with Crippen LogP contribution in [0.4, 0.5) is 8.78 Å². The quantitative estimate of drug-likeness (QED) is 0.711. The molecule has 0 spiro atoms. The Balaban J connectivity index is 1.82. The Morgan fingerprint density at radius 1 is 1.21 bits per heavy atom. The van der Waals surface area contributed by atoms with E-state index < -0.39 is 5.92 Å². The van der Waals surface area contributed by atoms with Gasteiger partial charge in [-0.3, -0.25) is 4.79 Å². The Labute approximate surface area is 118 Å². The molecule has 0 aromatic carbocycles. The van der Waals surface area contributed by atoms with Gasteiger partial charge in [0.15, 0.2) is 0 Å². The molecule has 5 heteroatoms. The maximum Gasteiger partial charge on any atom is 0.248 e. The zero-order valence-electron chi connectivity index (χ0n) is 11.4. The number of carbonyl (C=O) groups excluding carboxylic acids is 1. The fourth-order valence-corrected chi connectivity index (χ4v) is 3.38. The summed E-state index contributed by atoms with van der Waals surface area (Å²) < 4.78 is 26.2. The van der Waals surface area contributed by atoms with Crippen LogP contribution in [0.1, 0.15) is 45.4 Å². The van der Waals surface area contributed by atoms with E-state index in [4.69, 9.17) is 11.6 Å². The predicted molar refractivity (Wildman–Crippen MR) is 71.5 cm³/mol. The smallest absolute Gasteiger partial charge is 0.248 e. The first-order chi connectivity index (χ1) is 8.89. The van der Waals surface area contributed by atoms with Gasteiger partial charge in [0.1, 0.15) is 0 Å². The Kier molecular flexibility index (Phi) is 4.70. The standard InChI is InChI=1S/C14H22ClF2NO/c1-10(15)11-4-8-18(9-5-11)13(19)12-2-6-14(16,17)7-3-12/h10-12H,2-9H2,1H3. The van der Waals surface area contributed by atoms with E-state index in [1.807, 2.05) is 11.8 Å². The van der Waals surface area contributed by atoms with E-state index in [0.29, 0.717) is 18.8 Å². The number of hydrogen-bond donors (Lipinski definition) is 0. The highest BCUT2D eigenvalue weighted by atomic mass is 35.5. The van der Waals surface area contributed by atoms with Crippen LogP contribution in [0.5, 0.6) is 0 Å². The summed E-state index contributed by atoms with van der Waals surface area (Å²) in [6.07, 6.45) is 2.24. The van der Waals surface area contributed by atoms with Gasteiger partial charge in [-0.05, 0) is 38.5 Å². The SMILES string of the molecule is CC(Cl)C1CCN(C(=O)C2CCC(F)(F)CC2)CC1. The molecule has 1 saturated heterocycles. The van der Waals surface area contributed by atoms with Crippen molar-refractivity contribution in [3.05, 3.63) is 0 Å². The lowest BCUT2D eigenvalue weighted by molar-refractivity contribution is -0.141. The number of halogens is 3. The molecule has 1 atom stereocenters. The van der Waals surface area contributed by atoms with E-state index in [1.54, 1.807) is 0 Å². The van der Waals surface area contributed by atoms with Gasteiger partial charge < -0.3 is 4.90 Å². The van der Waals surface area contributed by atoms with E-state index >= 15 is 0 Å². The highest BCUT2D eigenvalue weighted by Crippen LogP contribution is 2.37. The van der Waals surface area contributed by atoms with Crippen molar-refractivity contribution in [1.29, 1.82) is 0 Å². The zero-order chi connectivity index (χ0) is 14.0. The van der Waals surface area contributed by atoms with Crippen LogP contribution >= 0.6 is 11.6 Å². The van der Waals surface area contributed by atoms with Gasteiger partial charge in [0.25, 0.3) is 0 Å². The number of nitrogens with zero attached hydrogens (tertiary/aromatic N) is 1. The fourth-order valence-electron chi connectivity index (χ4n) is 3.12. The largest absolute Gasteiger partial charge is 0.342 e. The van der Waals surface area contributed by atoms with Crippen LogP contribution in [0.25, 0.3) is 0 Å². The van der Waals surface area contributed by atoms with Crippen molar-refractivity contribution in [3.63, 3.8) is 0 Å². The van der Waals surface area contributed by atoms with Gasteiger partial charge in [0.05, 0.1) is 0 Å². The Hall–Kier alpha value is -0.380. The van der Waals surface area contributed by atoms with Gasteiger partial charge in [-0.15, -0.1) is 11.6 Å². The van der Waals surface area contributed by atoms with E-state index in [0.717, 1.165) is 25.9 Å². The lowest BCUT2D eigenvalue weighted by Crippen LogP contribution is -2.44. The molecule has 1 saturated carbocycles. The molecule has 2 aliphatic rings. The summed E-state index contributed by atoms with van der Waals surface area (Å²) in [7, 11) is 0. The summed E-state index contributed by atoms with van der Waals surface area (Å²) in [4.78, 5) is 14.1. The van der Waals surface area contributed by atoms with Crippen LogP contribution < -0.4 is 0 Å². The summed E-state index contributed by atoms with van der Waals surface area (Å²) >= 11 is 6.08. The van der Waals surface area contributed by atoms with Crippen molar-refractivity contribution in [2.24, 2.45) is 11.8 Å². The van der Waals surface area contributed by atoms with Crippen molar-refractivity contribution in [3.8, 4) is 0 Å². The number of likely N-dealkylation sites (tertiary alicyclic amines) is 1. The van der Waals surface area contributed by atoms with Crippen molar-refractivity contribution in [1.82, 2.24) is 4.90 Å². The predicted octanol–water partition coefficient (Wildman–Crippen LogP) is 3.68. The molecule has 1 aliphatic carbocycles. The highest BCUT2D eigenvalue weighted by Gasteiger charge is 2.39. The van der Waals surface area contributed by atoms with E-state index in [-0.39, 0.29) is 30.0 Å². The third kappa shape index (κ3) is 3.80. The number of piperidine rings is 1. The van der Waals surface area contributed by atoms with Crippen molar-refractivity contribution >= 4 is 17.5 Å². The molecule has 1 amide bonds. The molecule has 0 bridgehead atoms. The van der Waals surface area contributed by atoms with Gasteiger partial charge in [0, 0.05) is 37.2 Å². The minimum absolute atomic E-state index is 0.0798. The summed E-state index contributed by atoms with van der Waals surface area (Å²) in [6, 6.07) is 0. The van der Waals surface area contributed by atoms with Crippen LogP contribution in [-0.2, 0) is 4.79 Å². The molecule has 1 heterocycles. The lowest BCUT2D eigenvalue weighted by Gasteiger charge is -2.37. The zero-order valence-corrected chi connectivity index (χ0v) is 12.1. The van der Waals surface area contributed by atoms with Crippen molar-refractivity contribution in [2.75, 3.05) is 13.1 Å². The molecule has 1 unspecified atom stereocenters. The van der Waals surface area contributed by atoms with Gasteiger partial charge in [-0.2, -0.15) is 0 Å². The molecular formula is C14H22ClF2NO.